The van der Waals surface area contributed by atoms with E-state index < -0.39 is 17.8 Å². The van der Waals surface area contributed by atoms with Crippen LogP contribution in [0.2, 0.25) is 0 Å². The Morgan fingerprint density at radius 2 is 1.21 bits per heavy atom. The SMILES string of the molecule is FC1(F)c2c(ccc3c4cc5c(cc4n(-c4cccc(-c6nc(-c7ccccc7)nc(-c7ccccc7)n6)c4)c23)oc2ccccc25)C2C=CC=CC21. The Balaban J connectivity index is 1.20. The standard InChI is InChI=1S/C46H28F2N4O/c47-46(48)37-20-9-7-18-31(37)33-22-23-34-35-25-36-32-19-8-10-21-39(32)53-40(36)26-38(35)52(42(34)41(33)46)30-17-11-16-29(24-30)45-50-43(27-12-3-1-4-13-27)49-44(51-45)28-14-5-2-6-15-28/h1-26,31,37H. The summed E-state index contributed by atoms with van der Waals surface area (Å²) in [6, 6.07) is 43.4. The van der Waals surface area contributed by atoms with Crippen molar-refractivity contribution in [3.05, 3.63) is 169 Å². The molecular formula is C46H28F2N4O. The molecule has 0 radical (unpaired) electrons. The molecule has 3 aromatic heterocycles. The lowest BCUT2D eigenvalue weighted by atomic mass is 9.88. The molecule has 0 amide bonds. The number of fused-ring (bicyclic) bond motifs is 10. The average molecular weight is 691 g/mol. The summed E-state index contributed by atoms with van der Waals surface area (Å²) in [6.45, 7) is 0. The van der Waals surface area contributed by atoms with Gasteiger partial charge in [-0.1, -0.05) is 127 Å². The van der Waals surface area contributed by atoms with Crippen LogP contribution >= 0.6 is 0 Å². The molecular weight excluding hydrogens is 663 g/mol. The van der Waals surface area contributed by atoms with Crippen LogP contribution in [-0.4, -0.2) is 19.5 Å². The van der Waals surface area contributed by atoms with Crippen LogP contribution in [0.1, 0.15) is 17.0 Å². The van der Waals surface area contributed by atoms with E-state index in [9.17, 15) is 0 Å². The van der Waals surface area contributed by atoms with Crippen molar-refractivity contribution >= 4 is 43.7 Å². The molecule has 0 aliphatic heterocycles. The Morgan fingerprint density at radius 1 is 0.547 bits per heavy atom. The van der Waals surface area contributed by atoms with Crippen molar-refractivity contribution < 1.29 is 13.2 Å². The summed E-state index contributed by atoms with van der Waals surface area (Å²) < 4.78 is 42.1. The van der Waals surface area contributed by atoms with Crippen LogP contribution in [0.3, 0.4) is 0 Å². The number of furan rings is 1. The zero-order valence-electron chi connectivity index (χ0n) is 28.1. The van der Waals surface area contributed by atoms with Crippen molar-refractivity contribution in [3.8, 4) is 39.9 Å². The number of halogens is 2. The first-order chi connectivity index (χ1) is 26.0. The molecule has 0 saturated carbocycles. The Bertz CT molecular complexity index is 2940. The third-order valence-corrected chi connectivity index (χ3v) is 10.8. The van der Waals surface area contributed by atoms with Crippen LogP contribution in [0.15, 0.2) is 162 Å². The van der Waals surface area contributed by atoms with E-state index in [-0.39, 0.29) is 5.56 Å². The summed E-state index contributed by atoms with van der Waals surface area (Å²) in [5, 5.41) is 3.57. The Hall–Kier alpha value is -6.73. The van der Waals surface area contributed by atoms with Crippen molar-refractivity contribution in [1.29, 1.82) is 0 Å². The fourth-order valence-electron chi connectivity index (χ4n) is 8.37. The minimum atomic E-state index is -3.10. The molecule has 0 bridgehead atoms. The number of alkyl halides is 2. The van der Waals surface area contributed by atoms with Crippen molar-refractivity contribution in [1.82, 2.24) is 19.5 Å². The van der Waals surface area contributed by atoms with Crippen LogP contribution in [0.25, 0.3) is 83.6 Å². The first-order valence-corrected chi connectivity index (χ1v) is 17.7. The zero-order valence-corrected chi connectivity index (χ0v) is 28.1. The van der Waals surface area contributed by atoms with Gasteiger partial charge in [-0.3, -0.25) is 0 Å². The van der Waals surface area contributed by atoms with Gasteiger partial charge in [0.1, 0.15) is 11.2 Å². The normalized spacial score (nSPS) is 17.2. The minimum Gasteiger partial charge on any atom is -0.456 e. The smallest absolute Gasteiger partial charge is 0.282 e. The maximum absolute atomic E-state index is 16.9. The highest BCUT2D eigenvalue weighted by molar-refractivity contribution is 6.18. The summed E-state index contributed by atoms with van der Waals surface area (Å²) in [5.74, 6) is -2.89. The lowest BCUT2D eigenvalue weighted by Gasteiger charge is -2.22. The molecule has 0 saturated heterocycles. The summed E-state index contributed by atoms with van der Waals surface area (Å²) >= 11 is 0. The fraction of sp³-hybridized carbons (Fsp3) is 0.0652. The molecule has 0 fully saturated rings. The molecule has 2 aliphatic rings. The molecule has 6 aromatic carbocycles. The molecule has 9 aromatic rings. The van der Waals surface area contributed by atoms with Gasteiger partial charge in [0.15, 0.2) is 17.5 Å². The molecule has 7 heteroatoms. The predicted octanol–water partition coefficient (Wildman–Crippen LogP) is 11.8. The first kappa shape index (κ1) is 29.9. The van der Waals surface area contributed by atoms with Gasteiger partial charge in [0.25, 0.3) is 5.92 Å². The van der Waals surface area contributed by atoms with Crippen LogP contribution in [-0.2, 0) is 5.92 Å². The highest BCUT2D eigenvalue weighted by Crippen LogP contribution is 2.58. The second-order valence-corrected chi connectivity index (χ2v) is 13.8. The largest absolute Gasteiger partial charge is 0.456 e. The number of nitrogens with zero attached hydrogens (tertiary/aromatic N) is 4. The van der Waals surface area contributed by atoms with Gasteiger partial charge in [-0.15, -0.1) is 0 Å². The molecule has 2 unspecified atom stereocenters. The number of rotatable bonds is 4. The minimum absolute atomic E-state index is 0.0715. The van der Waals surface area contributed by atoms with Crippen LogP contribution in [0, 0.1) is 5.92 Å². The molecule has 0 spiro atoms. The lowest BCUT2D eigenvalue weighted by molar-refractivity contribution is -0.0370. The predicted molar refractivity (Wildman–Crippen MR) is 206 cm³/mol. The van der Waals surface area contributed by atoms with Gasteiger partial charge in [-0.25, -0.2) is 23.7 Å². The molecule has 0 N–H and O–H groups in total. The van der Waals surface area contributed by atoms with E-state index in [2.05, 4.69) is 6.07 Å². The fourth-order valence-corrected chi connectivity index (χ4v) is 8.37. The highest BCUT2D eigenvalue weighted by Gasteiger charge is 2.54. The molecule has 2 atom stereocenters. The van der Waals surface area contributed by atoms with E-state index in [1.54, 1.807) is 12.2 Å². The molecule has 11 rings (SSSR count). The van der Waals surface area contributed by atoms with E-state index >= 15 is 8.78 Å². The van der Waals surface area contributed by atoms with E-state index in [4.69, 9.17) is 19.4 Å². The van der Waals surface area contributed by atoms with Gasteiger partial charge in [0.2, 0.25) is 0 Å². The maximum Gasteiger partial charge on any atom is 0.282 e. The van der Waals surface area contributed by atoms with E-state index in [0.717, 1.165) is 49.3 Å². The highest BCUT2D eigenvalue weighted by atomic mass is 19.3. The first-order valence-electron chi connectivity index (χ1n) is 17.7. The molecule has 252 valence electrons. The van der Waals surface area contributed by atoms with Gasteiger partial charge >= 0.3 is 0 Å². The van der Waals surface area contributed by atoms with E-state index in [1.165, 1.54) is 0 Å². The van der Waals surface area contributed by atoms with E-state index in [1.807, 2.05) is 144 Å². The molecule has 3 heterocycles. The van der Waals surface area contributed by atoms with Crippen LogP contribution in [0.5, 0.6) is 0 Å². The van der Waals surface area contributed by atoms with Gasteiger partial charge in [-0.2, -0.15) is 0 Å². The van der Waals surface area contributed by atoms with Gasteiger partial charge in [-0.05, 0) is 29.8 Å². The molecule has 53 heavy (non-hydrogen) atoms. The molecule has 2 aliphatic carbocycles. The van der Waals surface area contributed by atoms with E-state index in [0.29, 0.717) is 39.8 Å². The number of hydrogen-bond acceptors (Lipinski definition) is 4. The number of benzene rings is 6. The Morgan fingerprint density at radius 3 is 1.96 bits per heavy atom. The summed E-state index contributed by atoms with van der Waals surface area (Å²) in [7, 11) is 0. The van der Waals surface area contributed by atoms with Crippen molar-refractivity contribution in [2.24, 2.45) is 5.92 Å². The van der Waals surface area contributed by atoms with Crippen molar-refractivity contribution in [2.75, 3.05) is 0 Å². The lowest BCUT2D eigenvalue weighted by Crippen LogP contribution is -2.22. The second-order valence-electron chi connectivity index (χ2n) is 13.8. The molecule has 5 nitrogen and oxygen atoms in total. The quantitative estimate of drug-likeness (QED) is 0.184. The Labute approximate surface area is 302 Å². The van der Waals surface area contributed by atoms with Crippen LogP contribution < -0.4 is 0 Å². The van der Waals surface area contributed by atoms with Gasteiger partial charge in [0, 0.05) is 61.5 Å². The van der Waals surface area contributed by atoms with Gasteiger partial charge < -0.3 is 8.98 Å². The topological polar surface area (TPSA) is 56.7 Å². The van der Waals surface area contributed by atoms with Gasteiger partial charge in [0.05, 0.1) is 17.0 Å². The summed E-state index contributed by atoms with van der Waals surface area (Å²) in [6.07, 6.45) is 7.16. The monoisotopic (exact) mass is 690 g/mol. The average Bonchev–Trinajstić information content (AvgIpc) is 3.82. The second kappa shape index (κ2) is 11.1. The zero-order chi connectivity index (χ0) is 35.3. The third kappa shape index (κ3) is 4.43. The van der Waals surface area contributed by atoms with Crippen molar-refractivity contribution in [2.45, 2.75) is 11.8 Å². The van der Waals surface area contributed by atoms with Crippen molar-refractivity contribution in [3.63, 3.8) is 0 Å². The van der Waals surface area contributed by atoms with Crippen LogP contribution in [0.4, 0.5) is 8.78 Å². The number of hydrogen-bond donors (Lipinski definition) is 0. The number of aromatic nitrogens is 4. The number of para-hydroxylation sites is 1. The summed E-state index contributed by atoms with van der Waals surface area (Å²) in [4.78, 5) is 14.8. The summed E-state index contributed by atoms with van der Waals surface area (Å²) in [5.41, 5.74) is 6.65. The third-order valence-electron chi connectivity index (χ3n) is 10.8. The maximum atomic E-state index is 16.9. The Kier molecular flexibility index (Phi) is 6.29. The number of allylic oxidation sites excluding steroid dienone is 4.